The zero-order valence-corrected chi connectivity index (χ0v) is 11.8. The van der Waals surface area contributed by atoms with Crippen molar-refractivity contribution in [2.45, 2.75) is 19.3 Å². The van der Waals surface area contributed by atoms with Crippen LogP contribution in [0.1, 0.15) is 22.6 Å². The molecule has 0 radical (unpaired) electrons. The lowest BCUT2D eigenvalue weighted by Gasteiger charge is -2.12. The van der Waals surface area contributed by atoms with E-state index in [-0.39, 0.29) is 5.92 Å². The van der Waals surface area contributed by atoms with E-state index < -0.39 is 0 Å². The Morgan fingerprint density at radius 1 is 1.11 bits per heavy atom. The summed E-state index contributed by atoms with van der Waals surface area (Å²) in [6.45, 7) is 2.06. The highest BCUT2D eigenvalue weighted by Gasteiger charge is 2.13. The van der Waals surface area contributed by atoms with E-state index in [1.54, 1.807) is 0 Å². The summed E-state index contributed by atoms with van der Waals surface area (Å²) in [5.41, 5.74) is 3.50. The molecule has 0 amide bonds. The third-order valence-electron chi connectivity index (χ3n) is 3.07. The molecule has 0 N–H and O–H groups in total. The predicted octanol–water partition coefficient (Wildman–Crippen LogP) is 4.61. The molecule has 0 saturated carbocycles. The van der Waals surface area contributed by atoms with E-state index >= 15 is 0 Å². The van der Waals surface area contributed by atoms with Crippen molar-refractivity contribution in [3.05, 3.63) is 69.7 Å². The van der Waals surface area contributed by atoms with Crippen molar-refractivity contribution in [3.8, 4) is 6.07 Å². The quantitative estimate of drug-likeness (QED) is 0.812. The van der Waals surface area contributed by atoms with Gasteiger partial charge in [-0.25, -0.2) is 0 Å². The van der Waals surface area contributed by atoms with Crippen LogP contribution in [0.2, 0.25) is 0 Å². The number of rotatable bonds is 3. The number of hydrogen-bond donors (Lipinski definition) is 0. The van der Waals surface area contributed by atoms with Crippen molar-refractivity contribution >= 4 is 15.9 Å². The van der Waals surface area contributed by atoms with Crippen LogP contribution in [0.3, 0.4) is 0 Å². The van der Waals surface area contributed by atoms with Crippen LogP contribution in [0.25, 0.3) is 0 Å². The second kappa shape index (κ2) is 5.84. The number of nitrogens with zero attached hydrogens (tertiary/aromatic N) is 1. The molecule has 2 heteroatoms. The number of aryl methyl sites for hydroxylation is 1. The zero-order chi connectivity index (χ0) is 13.0. The lowest BCUT2D eigenvalue weighted by molar-refractivity contribution is 0.841. The highest BCUT2D eigenvalue weighted by molar-refractivity contribution is 9.10. The molecule has 1 unspecified atom stereocenters. The third kappa shape index (κ3) is 3.00. The van der Waals surface area contributed by atoms with Gasteiger partial charge in [0, 0.05) is 4.47 Å². The standard InChI is InChI=1S/C16H14BrN/c1-12-4-2-3-5-16(12)14(11-18)10-13-6-8-15(17)9-7-13/h2-9,14H,10H2,1H3. The molecule has 2 aromatic rings. The maximum atomic E-state index is 9.36. The van der Waals surface area contributed by atoms with Gasteiger partial charge in [-0.15, -0.1) is 0 Å². The fourth-order valence-corrected chi connectivity index (χ4v) is 2.32. The first-order valence-corrected chi connectivity index (χ1v) is 6.69. The van der Waals surface area contributed by atoms with Gasteiger partial charge in [0.2, 0.25) is 0 Å². The molecular formula is C16H14BrN. The molecule has 0 aliphatic rings. The van der Waals surface area contributed by atoms with Crippen molar-refractivity contribution in [2.24, 2.45) is 0 Å². The summed E-state index contributed by atoms with van der Waals surface area (Å²) in [5.74, 6) is -0.0765. The van der Waals surface area contributed by atoms with Gasteiger partial charge in [0.1, 0.15) is 0 Å². The molecule has 2 aromatic carbocycles. The van der Waals surface area contributed by atoms with E-state index in [2.05, 4.69) is 47.1 Å². The van der Waals surface area contributed by atoms with Crippen LogP contribution in [0.5, 0.6) is 0 Å². The maximum absolute atomic E-state index is 9.36. The van der Waals surface area contributed by atoms with Crippen molar-refractivity contribution in [2.75, 3.05) is 0 Å². The highest BCUT2D eigenvalue weighted by atomic mass is 79.9. The van der Waals surface area contributed by atoms with E-state index in [0.717, 1.165) is 16.5 Å². The normalized spacial score (nSPS) is 11.8. The van der Waals surface area contributed by atoms with Crippen LogP contribution in [0.4, 0.5) is 0 Å². The van der Waals surface area contributed by atoms with Crippen LogP contribution >= 0.6 is 15.9 Å². The van der Waals surface area contributed by atoms with Crippen molar-refractivity contribution in [1.29, 1.82) is 5.26 Å². The lowest BCUT2D eigenvalue weighted by Crippen LogP contribution is -2.02. The highest BCUT2D eigenvalue weighted by Crippen LogP contribution is 2.24. The first-order chi connectivity index (χ1) is 8.70. The zero-order valence-electron chi connectivity index (χ0n) is 10.2. The van der Waals surface area contributed by atoms with Gasteiger partial charge in [0.15, 0.2) is 0 Å². The predicted molar refractivity (Wildman–Crippen MR) is 77.4 cm³/mol. The summed E-state index contributed by atoms with van der Waals surface area (Å²) < 4.78 is 1.07. The summed E-state index contributed by atoms with van der Waals surface area (Å²) in [7, 11) is 0. The molecule has 0 fully saturated rings. The SMILES string of the molecule is Cc1ccccc1C(C#N)Cc1ccc(Br)cc1. The van der Waals surface area contributed by atoms with E-state index in [1.165, 1.54) is 11.1 Å². The van der Waals surface area contributed by atoms with E-state index in [1.807, 2.05) is 30.3 Å². The average molecular weight is 300 g/mol. The van der Waals surface area contributed by atoms with Gasteiger partial charge in [-0.1, -0.05) is 52.3 Å². The van der Waals surface area contributed by atoms with E-state index in [4.69, 9.17) is 0 Å². The molecule has 90 valence electrons. The largest absolute Gasteiger partial charge is 0.198 e. The molecule has 0 heterocycles. The number of hydrogen-bond acceptors (Lipinski definition) is 1. The van der Waals surface area contributed by atoms with Gasteiger partial charge < -0.3 is 0 Å². The van der Waals surface area contributed by atoms with E-state index in [9.17, 15) is 5.26 Å². The Labute approximate surface area is 116 Å². The molecule has 2 rings (SSSR count). The van der Waals surface area contributed by atoms with Crippen LogP contribution in [-0.4, -0.2) is 0 Å². The smallest absolute Gasteiger partial charge is 0.0755 e. The van der Waals surface area contributed by atoms with Crippen molar-refractivity contribution < 1.29 is 0 Å². The molecule has 0 bridgehead atoms. The minimum atomic E-state index is -0.0765. The Morgan fingerprint density at radius 3 is 2.39 bits per heavy atom. The molecule has 18 heavy (non-hydrogen) atoms. The Hall–Kier alpha value is -1.59. The Morgan fingerprint density at radius 2 is 1.78 bits per heavy atom. The van der Waals surface area contributed by atoms with Crippen LogP contribution in [-0.2, 0) is 6.42 Å². The first kappa shape index (κ1) is 12.9. The number of benzene rings is 2. The van der Waals surface area contributed by atoms with Crippen LogP contribution in [0.15, 0.2) is 53.0 Å². The third-order valence-corrected chi connectivity index (χ3v) is 3.60. The summed E-state index contributed by atoms with van der Waals surface area (Å²) in [6, 6.07) is 18.7. The maximum Gasteiger partial charge on any atom is 0.0755 e. The molecule has 0 aromatic heterocycles. The Kier molecular flexibility index (Phi) is 4.17. The van der Waals surface area contributed by atoms with Gasteiger partial charge in [-0.3, -0.25) is 0 Å². The molecule has 0 saturated heterocycles. The first-order valence-electron chi connectivity index (χ1n) is 5.90. The van der Waals surface area contributed by atoms with Gasteiger partial charge in [-0.05, 0) is 42.2 Å². The van der Waals surface area contributed by atoms with Crippen LogP contribution in [0, 0.1) is 18.3 Å². The Balaban J connectivity index is 2.23. The molecule has 0 aliphatic carbocycles. The van der Waals surface area contributed by atoms with Gasteiger partial charge in [-0.2, -0.15) is 5.26 Å². The molecule has 0 spiro atoms. The second-order valence-corrected chi connectivity index (χ2v) is 5.28. The van der Waals surface area contributed by atoms with Crippen LogP contribution < -0.4 is 0 Å². The molecule has 1 atom stereocenters. The average Bonchev–Trinajstić information content (AvgIpc) is 2.39. The fraction of sp³-hybridized carbons (Fsp3) is 0.188. The monoisotopic (exact) mass is 299 g/mol. The topological polar surface area (TPSA) is 23.8 Å². The summed E-state index contributed by atoms with van der Waals surface area (Å²) in [6.07, 6.45) is 0.759. The molecule has 0 aliphatic heterocycles. The summed E-state index contributed by atoms with van der Waals surface area (Å²) in [5, 5.41) is 9.36. The number of halogens is 1. The van der Waals surface area contributed by atoms with Gasteiger partial charge in [0.05, 0.1) is 12.0 Å². The molecular weight excluding hydrogens is 286 g/mol. The minimum absolute atomic E-state index is 0.0765. The minimum Gasteiger partial charge on any atom is -0.198 e. The Bertz CT molecular complexity index is 566. The molecule has 1 nitrogen and oxygen atoms in total. The fourth-order valence-electron chi connectivity index (χ4n) is 2.06. The van der Waals surface area contributed by atoms with E-state index in [0.29, 0.717) is 0 Å². The van der Waals surface area contributed by atoms with Gasteiger partial charge in [0.25, 0.3) is 0 Å². The second-order valence-electron chi connectivity index (χ2n) is 4.37. The summed E-state index contributed by atoms with van der Waals surface area (Å²) in [4.78, 5) is 0. The summed E-state index contributed by atoms with van der Waals surface area (Å²) >= 11 is 3.42. The van der Waals surface area contributed by atoms with Gasteiger partial charge >= 0.3 is 0 Å². The van der Waals surface area contributed by atoms with Crippen molar-refractivity contribution in [3.63, 3.8) is 0 Å². The van der Waals surface area contributed by atoms with Crippen molar-refractivity contribution in [1.82, 2.24) is 0 Å². The lowest BCUT2D eigenvalue weighted by atomic mass is 9.90. The number of nitriles is 1.